The van der Waals surface area contributed by atoms with Gasteiger partial charge in [0.15, 0.2) is 0 Å². The minimum Gasteiger partial charge on any atom is -0.320 e. The largest absolute Gasteiger partial charge is 0.417 e. The minimum atomic E-state index is -4.66. The van der Waals surface area contributed by atoms with E-state index in [2.05, 4.69) is 21.2 Å². The van der Waals surface area contributed by atoms with Gasteiger partial charge in [0.1, 0.15) is 0 Å². The molecular weight excluding hydrogens is 397 g/mol. The van der Waals surface area contributed by atoms with Crippen LogP contribution in [0.5, 0.6) is 0 Å². The highest BCUT2D eigenvalue weighted by atomic mass is 19.4. The first-order valence-corrected chi connectivity index (χ1v) is 9.13. The van der Waals surface area contributed by atoms with Gasteiger partial charge in [0.05, 0.1) is 28.0 Å². The molecule has 0 unspecified atom stereocenters. The van der Waals surface area contributed by atoms with E-state index in [1.165, 1.54) is 12.1 Å². The number of fused-ring (bicyclic) bond motifs is 1. The number of alkyl halides is 3. The number of aryl methyl sites for hydroxylation is 1. The molecule has 156 valence electrons. The van der Waals surface area contributed by atoms with Crippen LogP contribution < -0.4 is 16.2 Å². The van der Waals surface area contributed by atoms with Gasteiger partial charge >= 0.3 is 6.18 Å². The van der Waals surface area contributed by atoms with Crippen LogP contribution in [0.15, 0.2) is 48.7 Å². The second kappa shape index (κ2) is 8.40. The lowest BCUT2D eigenvalue weighted by Gasteiger charge is -2.16. The number of carbonyl (C=O) groups is 2. The lowest BCUT2D eigenvalue weighted by Crippen LogP contribution is -2.29. The summed E-state index contributed by atoms with van der Waals surface area (Å²) in [5, 5.41) is 3.11. The Bertz CT molecular complexity index is 1110. The first-order chi connectivity index (χ1) is 14.2. The van der Waals surface area contributed by atoms with Crippen molar-refractivity contribution in [3.05, 3.63) is 65.4 Å². The van der Waals surface area contributed by atoms with E-state index in [0.29, 0.717) is 16.6 Å². The van der Waals surface area contributed by atoms with Crippen LogP contribution in [0.2, 0.25) is 0 Å². The highest BCUT2D eigenvalue weighted by Crippen LogP contribution is 2.33. The Morgan fingerprint density at radius 2 is 1.80 bits per heavy atom. The van der Waals surface area contributed by atoms with Gasteiger partial charge in [0, 0.05) is 18.0 Å². The molecule has 9 heteroatoms. The third-order valence-electron chi connectivity index (χ3n) is 4.46. The number of hydrogen-bond acceptors (Lipinski definition) is 4. The summed E-state index contributed by atoms with van der Waals surface area (Å²) >= 11 is 0. The SMILES string of the molecule is CCC(=O)NNc1c(C)cnc2c(NC(=O)c3ccccc3C(F)(F)F)cccc12. The molecule has 1 aromatic heterocycles. The number of para-hydroxylation sites is 1. The van der Waals surface area contributed by atoms with Crippen molar-refractivity contribution in [2.75, 3.05) is 10.7 Å². The molecule has 2 amide bonds. The summed E-state index contributed by atoms with van der Waals surface area (Å²) in [4.78, 5) is 28.5. The molecule has 0 saturated carbocycles. The molecule has 0 radical (unpaired) electrons. The zero-order chi connectivity index (χ0) is 21.9. The minimum absolute atomic E-state index is 0.215. The monoisotopic (exact) mass is 416 g/mol. The molecule has 0 atom stereocenters. The van der Waals surface area contributed by atoms with Gasteiger partial charge in [-0.1, -0.05) is 31.2 Å². The van der Waals surface area contributed by atoms with Crippen molar-refractivity contribution >= 4 is 34.1 Å². The molecule has 3 N–H and O–H groups in total. The van der Waals surface area contributed by atoms with Crippen molar-refractivity contribution in [1.29, 1.82) is 0 Å². The predicted molar refractivity (Wildman–Crippen MR) is 108 cm³/mol. The van der Waals surface area contributed by atoms with Crippen molar-refractivity contribution in [1.82, 2.24) is 10.4 Å². The quantitative estimate of drug-likeness (QED) is 0.528. The lowest BCUT2D eigenvalue weighted by atomic mass is 10.1. The van der Waals surface area contributed by atoms with Crippen LogP contribution in [-0.2, 0) is 11.0 Å². The normalized spacial score (nSPS) is 11.2. The topological polar surface area (TPSA) is 83.1 Å². The fourth-order valence-corrected chi connectivity index (χ4v) is 2.93. The molecule has 0 spiro atoms. The first-order valence-electron chi connectivity index (χ1n) is 9.13. The lowest BCUT2D eigenvalue weighted by molar-refractivity contribution is -0.137. The summed E-state index contributed by atoms with van der Waals surface area (Å²) in [6.07, 6.45) is -2.83. The fraction of sp³-hybridized carbons (Fsp3) is 0.190. The Balaban J connectivity index is 1.98. The molecule has 0 aliphatic heterocycles. The van der Waals surface area contributed by atoms with Crippen molar-refractivity contribution < 1.29 is 22.8 Å². The number of nitrogens with one attached hydrogen (secondary N) is 3. The van der Waals surface area contributed by atoms with E-state index >= 15 is 0 Å². The molecular formula is C21H19F3N4O2. The van der Waals surface area contributed by atoms with Gasteiger partial charge in [0.2, 0.25) is 5.91 Å². The van der Waals surface area contributed by atoms with Gasteiger partial charge < -0.3 is 5.32 Å². The summed E-state index contributed by atoms with van der Waals surface area (Å²) in [5.41, 5.74) is 5.85. The van der Waals surface area contributed by atoms with Gasteiger partial charge in [-0.3, -0.25) is 25.4 Å². The number of anilines is 2. The Kier molecular flexibility index (Phi) is 5.91. The third-order valence-corrected chi connectivity index (χ3v) is 4.46. The van der Waals surface area contributed by atoms with E-state index in [9.17, 15) is 22.8 Å². The molecule has 3 aromatic rings. The van der Waals surface area contributed by atoms with Crippen molar-refractivity contribution in [2.24, 2.45) is 0 Å². The van der Waals surface area contributed by atoms with Gasteiger partial charge in [-0.2, -0.15) is 13.2 Å². The molecule has 2 aromatic carbocycles. The number of carbonyl (C=O) groups excluding carboxylic acids is 2. The summed E-state index contributed by atoms with van der Waals surface area (Å²) in [5.74, 6) is -1.11. The number of pyridine rings is 1. The van der Waals surface area contributed by atoms with E-state index in [0.717, 1.165) is 17.7 Å². The number of halogens is 3. The number of nitrogens with zero attached hydrogens (tertiary/aromatic N) is 1. The van der Waals surface area contributed by atoms with Crippen LogP contribution in [0, 0.1) is 6.92 Å². The van der Waals surface area contributed by atoms with Gasteiger partial charge in [-0.15, -0.1) is 0 Å². The van der Waals surface area contributed by atoms with E-state index in [1.54, 1.807) is 38.2 Å². The Morgan fingerprint density at radius 3 is 2.50 bits per heavy atom. The van der Waals surface area contributed by atoms with E-state index in [4.69, 9.17) is 0 Å². The number of hydrogen-bond donors (Lipinski definition) is 3. The standard InChI is InChI=1S/C21H19F3N4O2/c1-3-17(29)27-28-18-12(2)11-25-19-14(18)8-6-10-16(19)26-20(30)13-7-4-5-9-15(13)21(22,23)24/h4-11H,3H2,1-2H3,(H,25,28)(H,26,30)(H,27,29). The van der Waals surface area contributed by atoms with Gasteiger partial charge in [-0.05, 0) is 30.7 Å². The van der Waals surface area contributed by atoms with E-state index in [-0.39, 0.29) is 18.0 Å². The smallest absolute Gasteiger partial charge is 0.320 e. The molecule has 1 heterocycles. The molecule has 0 saturated heterocycles. The zero-order valence-corrected chi connectivity index (χ0v) is 16.2. The molecule has 0 aliphatic carbocycles. The fourth-order valence-electron chi connectivity index (χ4n) is 2.93. The number of amides is 2. The second-order valence-electron chi connectivity index (χ2n) is 6.54. The zero-order valence-electron chi connectivity index (χ0n) is 16.2. The average molecular weight is 416 g/mol. The Hall–Kier alpha value is -3.62. The summed E-state index contributed by atoms with van der Waals surface area (Å²) in [7, 11) is 0. The highest BCUT2D eigenvalue weighted by Gasteiger charge is 2.34. The molecule has 3 rings (SSSR count). The number of benzene rings is 2. The molecule has 0 fully saturated rings. The van der Waals surface area contributed by atoms with Crippen LogP contribution in [0.4, 0.5) is 24.5 Å². The molecule has 30 heavy (non-hydrogen) atoms. The molecule has 6 nitrogen and oxygen atoms in total. The maximum atomic E-state index is 13.2. The maximum absolute atomic E-state index is 13.2. The van der Waals surface area contributed by atoms with Crippen molar-refractivity contribution in [2.45, 2.75) is 26.4 Å². The van der Waals surface area contributed by atoms with Gasteiger partial charge in [0.25, 0.3) is 5.91 Å². The van der Waals surface area contributed by atoms with Crippen LogP contribution >= 0.6 is 0 Å². The number of aromatic nitrogens is 1. The van der Waals surface area contributed by atoms with Crippen molar-refractivity contribution in [3.8, 4) is 0 Å². The summed E-state index contributed by atoms with van der Waals surface area (Å²) < 4.78 is 39.7. The molecule has 0 aliphatic rings. The first kappa shape index (κ1) is 21.1. The van der Waals surface area contributed by atoms with Crippen LogP contribution in [0.25, 0.3) is 10.9 Å². The summed E-state index contributed by atoms with van der Waals surface area (Å²) in [6, 6.07) is 9.49. The number of rotatable bonds is 5. The third kappa shape index (κ3) is 4.35. The maximum Gasteiger partial charge on any atom is 0.417 e. The Labute approximate surface area is 170 Å². The van der Waals surface area contributed by atoms with Crippen LogP contribution in [-0.4, -0.2) is 16.8 Å². The number of hydrazine groups is 1. The van der Waals surface area contributed by atoms with Crippen molar-refractivity contribution in [3.63, 3.8) is 0 Å². The van der Waals surface area contributed by atoms with Gasteiger partial charge in [-0.25, -0.2) is 0 Å². The predicted octanol–water partition coefficient (Wildman–Crippen LogP) is 4.67. The van der Waals surface area contributed by atoms with E-state index < -0.39 is 23.2 Å². The molecule has 0 bridgehead atoms. The van der Waals surface area contributed by atoms with Crippen LogP contribution in [0.3, 0.4) is 0 Å². The second-order valence-corrected chi connectivity index (χ2v) is 6.54. The highest BCUT2D eigenvalue weighted by molar-refractivity contribution is 6.10. The average Bonchev–Trinajstić information content (AvgIpc) is 2.72. The Morgan fingerprint density at radius 1 is 1.07 bits per heavy atom. The summed E-state index contributed by atoms with van der Waals surface area (Å²) in [6.45, 7) is 3.50. The van der Waals surface area contributed by atoms with Crippen LogP contribution in [0.1, 0.15) is 34.8 Å². The van der Waals surface area contributed by atoms with E-state index in [1.807, 2.05) is 0 Å².